The van der Waals surface area contributed by atoms with E-state index in [1.807, 2.05) is 49.5 Å². The number of hydrogen-bond acceptors (Lipinski definition) is 4. The van der Waals surface area contributed by atoms with Crippen LogP contribution in [0.3, 0.4) is 0 Å². The van der Waals surface area contributed by atoms with Crippen LogP contribution < -0.4 is 10.1 Å². The summed E-state index contributed by atoms with van der Waals surface area (Å²) in [5, 5.41) is 4.72. The summed E-state index contributed by atoms with van der Waals surface area (Å²) in [6, 6.07) is 15.9. The Balaban J connectivity index is 1.73. The Hall–Kier alpha value is -3.84. The molecule has 152 valence electrons. The molecule has 7 heteroatoms. The zero-order valence-electron chi connectivity index (χ0n) is 16.6. The number of thiazole rings is 1. The van der Waals surface area contributed by atoms with Crippen LogP contribution in [0.4, 0.5) is 4.39 Å². The van der Waals surface area contributed by atoms with Gasteiger partial charge in [-0.15, -0.1) is 0 Å². The lowest BCUT2D eigenvalue weighted by atomic mass is 10.1. The third-order valence-electron chi connectivity index (χ3n) is 5.09. The van der Waals surface area contributed by atoms with Crippen molar-refractivity contribution in [3.05, 3.63) is 105 Å². The number of aromatic nitrogens is 4. The van der Waals surface area contributed by atoms with Crippen LogP contribution in [-0.2, 0) is 0 Å². The summed E-state index contributed by atoms with van der Waals surface area (Å²) in [6.07, 6.45) is 5.34. The third-order valence-corrected chi connectivity index (χ3v) is 6.06. The summed E-state index contributed by atoms with van der Waals surface area (Å²) < 4.78 is 17.4. The van der Waals surface area contributed by atoms with Crippen molar-refractivity contribution in [2.45, 2.75) is 6.92 Å². The molecule has 3 aromatic heterocycles. The molecule has 0 N–H and O–H groups in total. The molecule has 0 saturated carbocycles. The van der Waals surface area contributed by atoms with E-state index in [1.165, 1.54) is 23.5 Å². The molecule has 3 heterocycles. The predicted octanol–water partition coefficient (Wildman–Crippen LogP) is 4.25. The molecule has 0 amide bonds. The molecule has 0 atom stereocenters. The number of para-hydroxylation sites is 1. The maximum Gasteiger partial charge on any atom is 0.274 e. The molecular formula is C24H17FN4OS. The second-order valence-electron chi connectivity index (χ2n) is 7.04. The number of imidazole rings is 1. The molecule has 0 aliphatic heterocycles. The van der Waals surface area contributed by atoms with Gasteiger partial charge in [-0.2, -0.15) is 5.10 Å². The first-order chi connectivity index (χ1) is 15.0. The number of rotatable bonds is 4. The van der Waals surface area contributed by atoms with Crippen molar-refractivity contribution >= 4 is 28.4 Å². The van der Waals surface area contributed by atoms with E-state index in [2.05, 4.69) is 11.6 Å². The highest BCUT2D eigenvalue weighted by Crippen LogP contribution is 2.25. The van der Waals surface area contributed by atoms with Crippen molar-refractivity contribution in [1.29, 1.82) is 0 Å². The predicted molar refractivity (Wildman–Crippen MR) is 122 cm³/mol. The molecule has 0 aliphatic carbocycles. The van der Waals surface area contributed by atoms with Crippen LogP contribution in [0.1, 0.15) is 17.0 Å². The maximum absolute atomic E-state index is 13.5. The zero-order valence-corrected chi connectivity index (χ0v) is 17.4. The van der Waals surface area contributed by atoms with Crippen LogP contribution in [0.5, 0.6) is 0 Å². The van der Waals surface area contributed by atoms with E-state index >= 15 is 0 Å². The monoisotopic (exact) mass is 428 g/mol. The van der Waals surface area contributed by atoms with Crippen LogP contribution in [0, 0.1) is 12.7 Å². The summed E-state index contributed by atoms with van der Waals surface area (Å²) in [6.45, 7) is 5.60. The summed E-state index contributed by atoms with van der Waals surface area (Å²) in [5.41, 5.74) is 4.43. The summed E-state index contributed by atoms with van der Waals surface area (Å²) in [5.74, 6) is -0.313. The number of hydrogen-bond donors (Lipinski definition) is 0. The Kier molecular flexibility index (Phi) is 4.60. The highest BCUT2D eigenvalue weighted by molar-refractivity contribution is 7.15. The smallest absolute Gasteiger partial charge is 0.267 e. The fourth-order valence-corrected chi connectivity index (χ4v) is 4.53. The van der Waals surface area contributed by atoms with E-state index in [-0.39, 0.29) is 11.4 Å². The molecule has 5 nitrogen and oxygen atoms in total. The van der Waals surface area contributed by atoms with Gasteiger partial charge in [-0.3, -0.25) is 9.20 Å². The van der Waals surface area contributed by atoms with Gasteiger partial charge >= 0.3 is 0 Å². The van der Waals surface area contributed by atoms with Gasteiger partial charge in [-0.1, -0.05) is 36.1 Å². The van der Waals surface area contributed by atoms with Gasteiger partial charge in [0.25, 0.3) is 5.56 Å². The Bertz CT molecular complexity index is 1530. The fourth-order valence-electron chi connectivity index (χ4n) is 3.52. The Morgan fingerprint density at radius 3 is 2.52 bits per heavy atom. The molecule has 5 aromatic rings. The van der Waals surface area contributed by atoms with Gasteiger partial charge in [-0.05, 0) is 55.5 Å². The highest BCUT2D eigenvalue weighted by atomic mass is 32.1. The molecule has 0 bridgehead atoms. The molecule has 31 heavy (non-hydrogen) atoms. The van der Waals surface area contributed by atoms with E-state index in [0.717, 1.165) is 22.5 Å². The van der Waals surface area contributed by atoms with Crippen LogP contribution in [0.2, 0.25) is 0 Å². The molecule has 0 spiro atoms. The largest absolute Gasteiger partial charge is 0.274 e. The Morgan fingerprint density at radius 2 is 1.84 bits per heavy atom. The Labute approximate surface area is 181 Å². The first-order valence-electron chi connectivity index (χ1n) is 9.62. The van der Waals surface area contributed by atoms with Crippen LogP contribution in [0.25, 0.3) is 34.1 Å². The average molecular weight is 428 g/mol. The molecule has 0 aliphatic rings. The SMILES string of the molecule is C=Cc1nc2s/c(=C\c3cn(-c4ccccc4)nc3-c3ccc(F)cc3)c(=O)n2c1C. The first kappa shape index (κ1) is 19.1. The summed E-state index contributed by atoms with van der Waals surface area (Å²) >= 11 is 1.32. The molecule has 0 fully saturated rings. The summed E-state index contributed by atoms with van der Waals surface area (Å²) in [7, 11) is 0. The van der Waals surface area contributed by atoms with E-state index < -0.39 is 0 Å². The Morgan fingerprint density at radius 1 is 1.10 bits per heavy atom. The number of aryl methyl sites for hydroxylation is 1. The quantitative estimate of drug-likeness (QED) is 0.430. The minimum Gasteiger partial charge on any atom is -0.267 e. The van der Waals surface area contributed by atoms with Gasteiger partial charge in [0.2, 0.25) is 0 Å². The summed E-state index contributed by atoms with van der Waals surface area (Å²) in [4.78, 5) is 18.1. The third kappa shape index (κ3) is 3.29. The second kappa shape index (κ2) is 7.45. The second-order valence-corrected chi connectivity index (χ2v) is 8.05. The van der Waals surface area contributed by atoms with Crippen molar-refractivity contribution in [3.8, 4) is 16.9 Å². The number of fused-ring (bicyclic) bond motifs is 1. The van der Waals surface area contributed by atoms with Gasteiger partial charge in [0, 0.05) is 17.3 Å². The molecular weight excluding hydrogens is 411 g/mol. The molecule has 0 radical (unpaired) electrons. The van der Waals surface area contributed by atoms with Gasteiger partial charge < -0.3 is 0 Å². The standard InChI is InChI=1S/C24H17FN4OS/c1-3-20-15(2)29-23(30)21(31-24(29)26-20)13-17-14-28(19-7-5-4-6-8-19)27-22(17)16-9-11-18(25)12-10-16/h3-14H,1H2,2H3/b21-13-. The number of nitrogens with zero attached hydrogens (tertiary/aromatic N) is 4. The lowest BCUT2D eigenvalue weighted by molar-refractivity contribution is 0.628. The lowest BCUT2D eigenvalue weighted by Crippen LogP contribution is -2.23. The average Bonchev–Trinajstić information content (AvgIpc) is 3.44. The van der Waals surface area contributed by atoms with Crippen molar-refractivity contribution in [1.82, 2.24) is 19.2 Å². The number of benzene rings is 2. The lowest BCUT2D eigenvalue weighted by Gasteiger charge is -2.00. The van der Waals surface area contributed by atoms with E-state index in [0.29, 0.717) is 20.9 Å². The van der Waals surface area contributed by atoms with E-state index in [4.69, 9.17) is 5.10 Å². The molecule has 0 unspecified atom stereocenters. The van der Waals surface area contributed by atoms with Crippen molar-refractivity contribution < 1.29 is 4.39 Å². The van der Waals surface area contributed by atoms with Crippen LogP contribution in [-0.4, -0.2) is 19.2 Å². The van der Waals surface area contributed by atoms with Gasteiger partial charge in [0.15, 0.2) is 4.96 Å². The van der Waals surface area contributed by atoms with Crippen molar-refractivity contribution in [2.75, 3.05) is 0 Å². The topological polar surface area (TPSA) is 52.2 Å². The van der Waals surface area contributed by atoms with Crippen LogP contribution >= 0.6 is 11.3 Å². The van der Waals surface area contributed by atoms with E-state index in [9.17, 15) is 9.18 Å². The van der Waals surface area contributed by atoms with Crippen molar-refractivity contribution in [2.24, 2.45) is 0 Å². The molecule has 5 rings (SSSR count). The van der Waals surface area contributed by atoms with E-state index in [1.54, 1.807) is 27.3 Å². The van der Waals surface area contributed by atoms with Gasteiger partial charge in [0.05, 0.1) is 21.6 Å². The normalized spacial score (nSPS) is 12.0. The number of halogens is 1. The van der Waals surface area contributed by atoms with Crippen LogP contribution in [0.15, 0.2) is 72.2 Å². The molecule has 2 aromatic carbocycles. The maximum atomic E-state index is 13.5. The fraction of sp³-hybridized carbons (Fsp3) is 0.0417. The minimum atomic E-state index is -0.313. The first-order valence-corrected chi connectivity index (χ1v) is 10.4. The minimum absolute atomic E-state index is 0.129. The highest BCUT2D eigenvalue weighted by Gasteiger charge is 2.15. The van der Waals surface area contributed by atoms with Gasteiger partial charge in [-0.25, -0.2) is 14.1 Å². The van der Waals surface area contributed by atoms with Gasteiger partial charge in [0.1, 0.15) is 11.5 Å². The zero-order chi connectivity index (χ0) is 21.5. The van der Waals surface area contributed by atoms with Crippen molar-refractivity contribution in [3.63, 3.8) is 0 Å². The molecule has 0 saturated heterocycles.